The standard InChI is InChI=1S/C17H24FN3O/c18-16-4-2-1-3-14(16)13-21(15-5-6-15)10-7-17(22)20-11-8-19-9-12-20/h1-4,15,19H,5-13H2. The average Bonchev–Trinajstić information content (AvgIpc) is 3.38. The lowest BCUT2D eigenvalue weighted by atomic mass is 10.2. The van der Waals surface area contributed by atoms with E-state index < -0.39 is 0 Å². The summed E-state index contributed by atoms with van der Waals surface area (Å²) >= 11 is 0. The number of hydrogen-bond donors (Lipinski definition) is 1. The van der Waals surface area contributed by atoms with E-state index in [4.69, 9.17) is 0 Å². The third-order valence-electron chi connectivity index (χ3n) is 4.48. The van der Waals surface area contributed by atoms with Crippen molar-refractivity contribution in [1.82, 2.24) is 15.1 Å². The predicted molar refractivity (Wildman–Crippen MR) is 83.9 cm³/mol. The molecular weight excluding hydrogens is 281 g/mol. The van der Waals surface area contributed by atoms with Gasteiger partial charge in [-0.05, 0) is 18.9 Å². The first-order chi connectivity index (χ1) is 10.7. The lowest BCUT2D eigenvalue weighted by Crippen LogP contribution is -2.47. The summed E-state index contributed by atoms with van der Waals surface area (Å²) in [5.41, 5.74) is 0.726. The first-order valence-electron chi connectivity index (χ1n) is 8.20. The minimum absolute atomic E-state index is 0.151. The summed E-state index contributed by atoms with van der Waals surface area (Å²) in [7, 11) is 0. The van der Waals surface area contributed by atoms with Crippen molar-refractivity contribution in [3.05, 3.63) is 35.6 Å². The van der Waals surface area contributed by atoms with Gasteiger partial charge < -0.3 is 10.2 Å². The second-order valence-electron chi connectivity index (χ2n) is 6.17. The Morgan fingerprint density at radius 1 is 1.27 bits per heavy atom. The lowest BCUT2D eigenvalue weighted by Gasteiger charge is -2.29. The van der Waals surface area contributed by atoms with Crippen molar-refractivity contribution in [3.8, 4) is 0 Å². The Morgan fingerprint density at radius 2 is 2.00 bits per heavy atom. The molecule has 1 saturated carbocycles. The van der Waals surface area contributed by atoms with Crippen LogP contribution in [0.25, 0.3) is 0 Å². The fourth-order valence-electron chi connectivity index (χ4n) is 2.99. The number of carbonyl (C=O) groups is 1. The van der Waals surface area contributed by atoms with Crippen LogP contribution < -0.4 is 5.32 Å². The van der Waals surface area contributed by atoms with Crippen molar-refractivity contribution < 1.29 is 9.18 Å². The van der Waals surface area contributed by atoms with Crippen LogP contribution in [0.2, 0.25) is 0 Å². The van der Waals surface area contributed by atoms with Crippen molar-refractivity contribution in [2.24, 2.45) is 0 Å². The Kier molecular flexibility index (Phi) is 5.05. The van der Waals surface area contributed by atoms with Crippen LogP contribution >= 0.6 is 0 Å². The molecule has 1 aliphatic heterocycles. The zero-order chi connectivity index (χ0) is 15.4. The summed E-state index contributed by atoms with van der Waals surface area (Å²) in [6, 6.07) is 7.45. The molecule has 1 heterocycles. The summed E-state index contributed by atoms with van der Waals surface area (Å²) < 4.78 is 13.8. The largest absolute Gasteiger partial charge is 0.340 e. The highest BCUT2D eigenvalue weighted by Gasteiger charge is 2.30. The van der Waals surface area contributed by atoms with Gasteiger partial charge in [0.2, 0.25) is 5.91 Å². The van der Waals surface area contributed by atoms with E-state index in [0.29, 0.717) is 19.0 Å². The van der Waals surface area contributed by atoms with Crippen molar-refractivity contribution in [2.75, 3.05) is 32.7 Å². The molecule has 1 saturated heterocycles. The highest BCUT2D eigenvalue weighted by molar-refractivity contribution is 5.76. The minimum Gasteiger partial charge on any atom is -0.340 e. The van der Waals surface area contributed by atoms with E-state index in [9.17, 15) is 9.18 Å². The van der Waals surface area contributed by atoms with Gasteiger partial charge in [-0.3, -0.25) is 9.69 Å². The van der Waals surface area contributed by atoms with E-state index >= 15 is 0 Å². The van der Waals surface area contributed by atoms with Gasteiger partial charge in [0.05, 0.1) is 0 Å². The number of hydrogen-bond acceptors (Lipinski definition) is 3. The molecule has 1 aromatic rings. The maximum Gasteiger partial charge on any atom is 0.223 e. The molecule has 1 N–H and O–H groups in total. The number of nitrogens with one attached hydrogen (secondary N) is 1. The lowest BCUT2D eigenvalue weighted by molar-refractivity contribution is -0.132. The molecule has 120 valence electrons. The molecule has 1 aromatic carbocycles. The number of halogens is 1. The van der Waals surface area contributed by atoms with Crippen LogP contribution in [0.3, 0.4) is 0 Å². The van der Waals surface area contributed by atoms with Crippen molar-refractivity contribution >= 4 is 5.91 Å². The normalized spacial score (nSPS) is 18.7. The summed E-state index contributed by atoms with van der Waals surface area (Å²) in [5.74, 6) is 0.0715. The molecule has 0 aromatic heterocycles. The van der Waals surface area contributed by atoms with Crippen LogP contribution in [-0.2, 0) is 11.3 Å². The second kappa shape index (κ2) is 7.20. The van der Waals surface area contributed by atoms with E-state index in [-0.39, 0.29) is 11.7 Å². The van der Waals surface area contributed by atoms with Gasteiger partial charge in [-0.1, -0.05) is 18.2 Å². The molecular formula is C17H24FN3O. The third-order valence-corrected chi connectivity index (χ3v) is 4.48. The number of amides is 1. The van der Waals surface area contributed by atoms with Crippen LogP contribution in [-0.4, -0.2) is 54.5 Å². The molecule has 0 unspecified atom stereocenters. The fraction of sp³-hybridized carbons (Fsp3) is 0.588. The van der Waals surface area contributed by atoms with Gasteiger partial charge in [-0.15, -0.1) is 0 Å². The maximum atomic E-state index is 13.8. The van der Waals surface area contributed by atoms with E-state index in [1.807, 2.05) is 17.0 Å². The van der Waals surface area contributed by atoms with E-state index in [1.165, 1.54) is 6.07 Å². The Hall–Kier alpha value is -1.46. The molecule has 0 spiro atoms. The first-order valence-corrected chi connectivity index (χ1v) is 8.20. The first kappa shape index (κ1) is 15.4. The number of rotatable bonds is 6. The van der Waals surface area contributed by atoms with Gasteiger partial charge in [-0.2, -0.15) is 0 Å². The number of nitrogens with zero attached hydrogens (tertiary/aromatic N) is 2. The summed E-state index contributed by atoms with van der Waals surface area (Å²) in [6.07, 6.45) is 2.86. The van der Waals surface area contributed by atoms with Gasteiger partial charge in [-0.25, -0.2) is 4.39 Å². The highest BCUT2D eigenvalue weighted by atomic mass is 19.1. The van der Waals surface area contributed by atoms with Gasteiger partial charge >= 0.3 is 0 Å². The summed E-state index contributed by atoms with van der Waals surface area (Å²) in [5, 5.41) is 3.26. The number of carbonyl (C=O) groups excluding carboxylic acids is 1. The predicted octanol–water partition coefficient (Wildman–Crippen LogP) is 1.61. The van der Waals surface area contributed by atoms with Crippen LogP contribution in [0.15, 0.2) is 24.3 Å². The van der Waals surface area contributed by atoms with Crippen LogP contribution in [0.1, 0.15) is 24.8 Å². The van der Waals surface area contributed by atoms with Crippen molar-refractivity contribution in [1.29, 1.82) is 0 Å². The average molecular weight is 305 g/mol. The third kappa shape index (κ3) is 4.05. The molecule has 0 bridgehead atoms. The molecule has 2 fully saturated rings. The zero-order valence-electron chi connectivity index (χ0n) is 12.9. The molecule has 1 aliphatic carbocycles. The van der Waals surface area contributed by atoms with E-state index in [2.05, 4.69) is 10.2 Å². The van der Waals surface area contributed by atoms with E-state index in [1.54, 1.807) is 6.07 Å². The summed E-state index contributed by atoms with van der Waals surface area (Å²) in [6.45, 7) is 4.69. The fourth-order valence-corrected chi connectivity index (χ4v) is 2.99. The van der Waals surface area contributed by atoms with Gasteiger partial charge in [0, 0.05) is 57.3 Å². The Morgan fingerprint density at radius 3 is 2.68 bits per heavy atom. The zero-order valence-corrected chi connectivity index (χ0v) is 12.9. The quantitative estimate of drug-likeness (QED) is 0.867. The number of benzene rings is 1. The summed E-state index contributed by atoms with van der Waals surface area (Å²) in [4.78, 5) is 16.5. The van der Waals surface area contributed by atoms with E-state index in [0.717, 1.165) is 51.1 Å². The monoisotopic (exact) mass is 305 g/mol. The highest BCUT2D eigenvalue weighted by Crippen LogP contribution is 2.29. The SMILES string of the molecule is O=C(CCN(Cc1ccccc1F)C1CC1)N1CCNCC1. The molecule has 22 heavy (non-hydrogen) atoms. The Bertz CT molecular complexity index is 512. The Balaban J connectivity index is 1.53. The molecule has 0 atom stereocenters. The van der Waals surface area contributed by atoms with Gasteiger partial charge in [0.15, 0.2) is 0 Å². The van der Waals surface area contributed by atoms with Gasteiger partial charge in [0.25, 0.3) is 0 Å². The molecule has 3 rings (SSSR count). The molecule has 0 radical (unpaired) electrons. The topological polar surface area (TPSA) is 35.6 Å². The van der Waals surface area contributed by atoms with Crippen LogP contribution in [0.4, 0.5) is 4.39 Å². The maximum absolute atomic E-state index is 13.8. The second-order valence-corrected chi connectivity index (χ2v) is 6.17. The van der Waals surface area contributed by atoms with Gasteiger partial charge in [0.1, 0.15) is 5.82 Å². The van der Waals surface area contributed by atoms with Crippen LogP contribution in [0.5, 0.6) is 0 Å². The van der Waals surface area contributed by atoms with Crippen molar-refractivity contribution in [3.63, 3.8) is 0 Å². The smallest absolute Gasteiger partial charge is 0.223 e. The molecule has 2 aliphatic rings. The minimum atomic E-state index is -0.151. The van der Waals surface area contributed by atoms with Crippen LogP contribution in [0, 0.1) is 5.82 Å². The Labute approximate surface area is 131 Å². The van der Waals surface area contributed by atoms with Crippen molar-refractivity contribution in [2.45, 2.75) is 31.8 Å². The molecule has 1 amide bonds. The number of piperazine rings is 1. The molecule has 5 heteroatoms. The molecule has 4 nitrogen and oxygen atoms in total.